The molecule has 2 aliphatic rings. The van der Waals surface area contributed by atoms with E-state index < -0.39 is 17.3 Å². The van der Waals surface area contributed by atoms with E-state index in [1.165, 1.54) is 4.90 Å². The summed E-state index contributed by atoms with van der Waals surface area (Å²) in [4.78, 5) is 35.8. The minimum absolute atomic E-state index is 0.267. The van der Waals surface area contributed by atoms with Crippen LogP contribution in [0, 0.1) is 11.3 Å². The Kier molecular flexibility index (Phi) is 2.81. The van der Waals surface area contributed by atoms with Crippen LogP contribution in [0.5, 0.6) is 0 Å². The lowest BCUT2D eigenvalue weighted by molar-refractivity contribution is -0.166. The maximum Gasteiger partial charge on any atom is 0.319 e. The number of aliphatic carboxylic acids is 1. The van der Waals surface area contributed by atoms with Crippen molar-refractivity contribution in [3.63, 3.8) is 0 Å². The predicted octanol–water partition coefficient (Wildman–Crippen LogP) is -0.425. The molecule has 17 heavy (non-hydrogen) atoms. The third kappa shape index (κ3) is 1.77. The van der Waals surface area contributed by atoms with Gasteiger partial charge < -0.3 is 15.7 Å². The Labute approximate surface area is 98.8 Å². The Bertz CT molecular complexity index is 376. The van der Waals surface area contributed by atoms with Crippen LogP contribution in [-0.2, 0) is 14.4 Å². The molecule has 2 amide bonds. The molecule has 3 N–H and O–H groups in total. The monoisotopic (exact) mass is 240 g/mol. The molecule has 1 atom stereocenters. The molecule has 0 bridgehead atoms. The van der Waals surface area contributed by atoms with Crippen LogP contribution in [0.2, 0.25) is 0 Å². The smallest absolute Gasteiger partial charge is 0.319 e. The average molecular weight is 240 g/mol. The molecule has 1 saturated heterocycles. The molecular weight excluding hydrogens is 224 g/mol. The second-order valence-electron chi connectivity index (χ2n) is 4.88. The van der Waals surface area contributed by atoms with Crippen molar-refractivity contribution in [2.45, 2.75) is 25.7 Å². The van der Waals surface area contributed by atoms with Gasteiger partial charge in [-0.3, -0.25) is 14.4 Å². The number of nitrogens with two attached hydrogens (primary N) is 1. The number of hydrogen-bond donors (Lipinski definition) is 2. The summed E-state index contributed by atoms with van der Waals surface area (Å²) in [5, 5.41) is 9.15. The average Bonchev–Trinajstić information content (AvgIpc) is 2.63. The summed E-state index contributed by atoms with van der Waals surface area (Å²) in [5.74, 6) is -2.14. The van der Waals surface area contributed by atoms with Crippen molar-refractivity contribution in [2.24, 2.45) is 17.1 Å². The van der Waals surface area contributed by atoms with Crippen LogP contribution in [0.25, 0.3) is 0 Å². The first kappa shape index (κ1) is 11.9. The van der Waals surface area contributed by atoms with E-state index in [9.17, 15) is 14.4 Å². The highest BCUT2D eigenvalue weighted by molar-refractivity contribution is 6.03. The lowest BCUT2D eigenvalue weighted by Crippen LogP contribution is -2.52. The molecule has 2 rings (SSSR count). The molecule has 1 heterocycles. The van der Waals surface area contributed by atoms with Gasteiger partial charge in [-0.25, -0.2) is 0 Å². The van der Waals surface area contributed by atoms with Crippen LogP contribution in [0.4, 0.5) is 0 Å². The molecule has 0 aromatic carbocycles. The quantitative estimate of drug-likeness (QED) is 0.654. The third-order valence-electron chi connectivity index (χ3n) is 3.90. The van der Waals surface area contributed by atoms with Crippen LogP contribution >= 0.6 is 0 Å². The molecule has 94 valence electrons. The van der Waals surface area contributed by atoms with Gasteiger partial charge in [-0.15, -0.1) is 0 Å². The normalized spacial score (nSPS) is 26.4. The highest BCUT2D eigenvalue weighted by atomic mass is 16.4. The van der Waals surface area contributed by atoms with Gasteiger partial charge in [0.1, 0.15) is 5.41 Å². The molecule has 0 aromatic heterocycles. The largest absolute Gasteiger partial charge is 0.480 e. The zero-order valence-electron chi connectivity index (χ0n) is 9.52. The van der Waals surface area contributed by atoms with Crippen molar-refractivity contribution < 1.29 is 19.5 Å². The highest BCUT2D eigenvalue weighted by Crippen LogP contribution is 2.43. The topological polar surface area (TPSA) is 101 Å². The summed E-state index contributed by atoms with van der Waals surface area (Å²) < 4.78 is 0. The van der Waals surface area contributed by atoms with E-state index in [0.717, 1.165) is 6.42 Å². The Morgan fingerprint density at radius 3 is 2.29 bits per heavy atom. The number of carbonyl (C=O) groups excluding carboxylic acids is 2. The van der Waals surface area contributed by atoms with Gasteiger partial charge in [-0.05, 0) is 19.3 Å². The number of carboxylic acid groups (broad SMARTS) is 1. The number of rotatable bonds is 3. The van der Waals surface area contributed by atoms with Crippen LogP contribution in [-0.4, -0.2) is 40.9 Å². The summed E-state index contributed by atoms with van der Waals surface area (Å²) in [6.07, 6.45) is 2.11. The lowest BCUT2D eigenvalue weighted by atomic mass is 9.68. The number of carboxylic acids is 1. The molecule has 1 unspecified atom stereocenters. The number of primary amides is 1. The molecule has 0 aromatic rings. The number of hydrogen-bond acceptors (Lipinski definition) is 3. The van der Waals surface area contributed by atoms with Crippen LogP contribution < -0.4 is 5.73 Å². The van der Waals surface area contributed by atoms with Crippen LogP contribution in [0.15, 0.2) is 0 Å². The second-order valence-corrected chi connectivity index (χ2v) is 4.88. The van der Waals surface area contributed by atoms with E-state index in [1.807, 2.05) is 0 Å². The first-order valence-corrected chi connectivity index (χ1v) is 5.79. The standard InChI is InChI=1S/C11H16N2O4/c12-8(14)7-2-5-13(6-7)9(15)11(10(16)17)3-1-4-11/h7H,1-6H2,(H2,12,14)(H,16,17). The fourth-order valence-electron chi connectivity index (χ4n) is 2.53. The molecule has 0 spiro atoms. The molecule has 6 nitrogen and oxygen atoms in total. The van der Waals surface area contributed by atoms with Gasteiger partial charge in [-0.1, -0.05) is 6.42 Å². The van der Waals surface area contributed by atoms with Crippen molar-refractivity contribution in [1.29, 1.82) is 0 Å². The van der Waals surface area contributed by atoms with Crippen molar-refractivity contribution in [2.75, 3.05) is 13.1 Å². The Morgan fingerprint density at radius 2 is 1.94 bits per heavy atom. The Hall–Kier alpha value is -1.59. The fraction of sp³-hybridized carbons (Fsp3) is 0.727. The summed E-state index contributed by atoms with van der Waals surface area (Å²) in [5.41, 5.74) is 3.95. The third-order valence-corrected chi connectivity index (χ3v) is 3.90. The second kappa shape index (κ2) is 4.01. The maximum atomic E-state index is 12.2. The van der Waals surface area contributed by atoms with Gasteiger partial charge >= 0.3 is 5.97 Å². The van der Waals surface area contributed by atoms with Crippen molar-refractivity contribution in [3.05, 3.63) is 0 Å². The first-order valence-electron chi connectivity index (χ1n) is 5.79. The maximum absolute atomic E-state index is 12.2. The van der Waals surface area contributed by atoms with Gasteiger partial charge in [-0.2, -0.15) is 0 Å². The number of likely N-dealkylation sites (tertiary alicyclic amines) is 1. The van der Waals surface area contributed by atoms with E-state index >= 15 is 0 Å². The van der Waals surface area contributed by atoms with Gasteiger partial charge in [0.25, 0.3) is 0 Å². The summed E-state index contributed by atoms with van der Waals surface area (Å²) in [6.45, 7) is 0.699. The Balaban J connectivity index is 2.06. The SMILES string of the molecule is NC(=O)C1CCN(C(=O)C2(C(=O)O)CCC2)C1. The van der Waals surface area contributed by atoms with Crippen LogP contribution in [0.1, 0.15) is 25.7 Å². The Morgan fingerprint density at radius 1 is 1.29 bits per heavy atom. The van der Waals surface area contributed by atoms with Crippen molar-refractivity contribution in [3.8, 4) is 0 Å². The molecule has 6 heteroatoms. The van der Waals surface area contributed by atoms with E-state index in [1.54, 1.807) is 0 Å². The van der Waals surface area contributed by atoms with E-state index in [4.69, 9.17) is 10.8 Å². The van der Waals surface area contributed by atoms with Crippen molar-refractivity contribution in [1.82, 2.24) is 4.90 Å². The van der Waals surface area contributed by atoms with E-state index in [-0.39, 0.29) is 18.4 Å². The van der Waals surface area contributed by atoms with E-state index in [2.05, 4.69) is 0 Å². The zero-order chi connectivity index (χ0) is 12.6. The lowest BCUT2D eigenvalue weighted by Gasteiger charge is -2.38. The molecule has 2 fully saturated rings. The van der Waals surface area contributed by atoms with Crippen LogP contribution in [0.3, 0.4) is 0 Å². The molecule has 1 aliphatic carbocycles. The van der Waals surface area contributed by atoms with E-state index in [0.29, 0.717) is 25.8 Å². The fourth-order valence-corrected chi connectivity index (χ4v) is 2.53. The van der Waals surface area contributed by atoms with Gasteiger partial charge in [0.2, 0.25) is 11.8 Å². The molecular formula is C11H16N2O4. The number of carbonyl (C=O) groups is 3. The highest BCUT2D eigenvalue weighted by Gasteiger charge is 2.53. The number of amides is 2. The van der Waals surface area contributed by atoms with Gasteiger partial charge in [0, 0.05) is 13.1 Å². The van der Waals surface area contributed by atoms with Gasteiger partial charge in [0.15, 0.2) is 0 Å². The minimum Gasteiger partial charge on any atom is -0.480 e. The predicted molar refractivity (Wildman–Crippen MR) is 57.8 cm³/mol. The molecule has 1 aliphatic heterocycles. The molecule has 0 radical (unpaired) electrons. The summed E-state index contributed by atoms with van der Waals surface area (Å²) in [6, 6.07) is 0. The summed E-state index contributed by atoms with van der Waals surface area (Å²) in [7, 11) is 0. The summed E-state index contributed by atoms with van der Waals surface area (Å²) >= 11 is 0. The number of nitrogens with zero attached hydrogens (tertiary/aromatic N) is 1. The zero-order valence-corrected chi connectivity index (χ0v) is 9.52. The minimum atomic E-state index is -1.23. The van der Waals surface area contributed by atoms with Crippen molar-refractivity contribution >= 4 is 17.8 Å². The first-order chi connectivity index (χ1) is 7.97. The molecule has 1 saturated carbocycles. The van der Waals surface area contributed by atoms with Gasteiger partial charge in [0.05, 0.1) is 5.92 Å².